The maximum Gasteiger partial charge on any atom is 0.246 e. The molecular weight excluding hydrogens is 200 g/mol. The molecule has 0 amide bonds. The summed E-state index contributed by atoms with van der Waals surface area (Å²) in [7, 11) is 1.78. The van der Waals surface area contributed by atoms with Crippen LogP contribution in [0.2, 0.25) is 0 Å². The van der Waals surface area contributed by atoms with E-state index in [2.05, 4.69) is 11.8 Å². The van der Waals surface area contributed by atoms with E-state index in [1.54, 1.807) is 12.1 Å². The van der Waals surface area contributed by atoms with Crippen molar-refractivity contribution >= 4 is 11.3 Å². The first-order valence-corrected chi connectivity index (χ1v) is 6.35. The second kappa shape index (κ2) is 9.58. The predicted molar refractivity (Wildman–Crippen MR) is 59.9 cm³/mol. The van der Waals surface area contributed by atoms with E-state index in [9.17, 15) is 4.21 Å². The van der Waals surface area contributed by atoms with Crippen LogP contribution in [-0.2, 0) is 11.3 Å². The molecule has 1 atom stereocenters. The zero-order valence-corrected chi connectivity index (χ0v) is 9.98. The molecule has 0 rings (SSSR count). The number of hydrogen-bond acceptors (Lipinski definition) is 2. The van der Waals surface area contributed by atoms with Gasteiger partial charge >= 0.3 is 0 Å². The van der Waals surface area contributed by atoms with Crippen LogP contribution in [0.4, 0.5) is 0 Å². The molecule has 0 aliphatic rings. The van der Waals surface area contributed by atoms with E-state index >= 15 is 0 Å². The standard InChI is InChI=1S/C9H22N2O2S/c1-3-4-5-6-7-8-9-11(2)10-14(12)13/h10H,3-9H2,1-2H3,(H,12,13). The van der Waals surface area contributed by atoms with Crippen molar-refractivity contribution in [2.75, 3.05) is 13.6 Å². The van der Waals surface area contributed by atoms with Gasteiger partial charge in [-0.25, -0.2) is 9.22 Å². The van der Waals surface area contributed by atoms with Crippen LogP contribution < -0.4 is 4.83 Å². The van der Waals surface area contributed by atoms with Crippen molar-refractivity contribution in [3.63, 3.8) is 0 Å². The summed E-state index contributed by atoms with van der Waals surface area (Å²) in [6, 6.07) is 0. The van der Waals surface area contributed by atoms with E-state index in [1.165, 1.54) is 32.1 Å². The van der Waals surface area contributed by atoms with Gasteiger partial charge in [0.25, 0.3) is 0 Å². The third kappa shape index (κ3) is 10.1. The molecule has 0 radical (unpaired) electrons. The van der Waals surface area contributed by atoms with Crippen molar-refractivity contribution < 1.29 is 8.76 Å². The van der Waals surface area contributed by atoms with E-state index in [4.69, 9.17) is 4.55 Å². The molecule has 14 heavy (non-hydrogen) atoms. The Balaban J connectivity index is 3.14. The fraction of sp³-hybridized carbons (Fsp3) is 1.00. The van der Waals surface area contributed by atoms with Gasteiger partial charge < -0.3 is 0 Å². The first kappa shape index (κ1) is 14.0. The summed E-state index contributed by atoms with van der Waals surface area (Å²) in [4.78, 5) is 2.41. The Morgan fingerprint density at radius 2 is 1.79 bits per heavy atom. The van der Waals surface area contributed by atoms with Gasteiger partial charge in [0.2, 0.25) is 11.3 Å². The Morgan fingerprint density at radius 3 is 2.36 bits per heavy atom. The van der Waals surface area contributed by atoms with Gasteiger partial charge in [-0.1, -0.05) is 39.0 Å². The Labute approximate surface area is 89.5 Å². The van der Waals surface area contributed by atoms with Gasteiger partial charge in [0, 0.05) is 13.6 Å². The number of nitrogens with zero attached hydrogens (tertiary/aromatic N) is 1. The molecule has 0 aromatic carbocycles. The minimum absolute atomic E-state index is 0.818. The van der Waals surface area contributed by atoms with Crippen LogP contribution in [0.25, 0.3) is 0 Å². The predicted octanol–water partition coefficient (Wildman–Crippen LogP) is 1.92. The fourth-order valence-electron chi connectivity index (χ4n) is 1.31. The fourth-order valence-corrected chi connectivity index (χ4v) is 1.67. The Morgan fingerprint density at radius 1 is 1.21 bits per heavy atom. The zero-order chi connectivity index (χ0) is 10.8. The minimum atomic E-state index is -1.93. The second-order valence-corrected chi connectivity index (χ2v) is 4.21. The minimum Gasteiger partial charge on any atom is -0.293 e. The SMILES string of the molecule is CCCCCCCCN(C)NS(=O)O. The largest absolute Gasteiger partial charge is 0.293 e. The molecule has 0 spiro atoms. The second-order valence-electron chi connectivity index (χ2n) is 3.53. The number of unbranched alkanes of at least 4 members (excludes halogenated alkanes) is 5. The lowest BCUT2D eigenvalue weighted by Gasteiger charge is -2.14. The van der Waals surface area contributed by atoms with Crippen molar-refractivity contribution in [3.8, 4) is 0 Å². The van der Waals surface area contributed by atoms with Crippen molar-refractivity contribution in [2.45, 2.75) is 45.4 Å². The van der Waals surface area contributed by atoms with Gasteiger partial charge in [-0.15, -0.1) is 4.83 Å². The third-order valence-electron chi connectivity index (χ3n) is 2.08. The lowest BCUT2D eigenvalue weighted by molar-refractivity contribution is 0.286. The first-order valence-electron chi connectivity index (χ1n) is 5.25. The number of rotatable bonds is 9. The molecule has 0 bridgehead atoms. The highest BCUT2D eigenvalue weighted by Crippen LogP contribution is 2.04. The Hall–Kier alpha value is 0.0300. The van der Waals surface area contributed by atoms with Gasteiger partial charge in [-0.3, -0.25) is 4.55 Å². The van der Waals surface area contributed by atoms with Crippen LogP contribution in [-0.4, -0.2) is 27.4 Å². The summed E-state index contributed by atoms with van der Waals surface area (Å²) in [5.41, 5.74) is 0. The van der Waals surface area contributed by atoms with E-state index in [0.29, 0.717) is 0 Å². The van der Waals surface area contributed by atoms with Gasteiger partial charge in [-0.2, -0.15) is 0 Å². The molecular formula is C9H22N2O2S. The molecule has 2 N–H and O–H groups in total. The van der Waals surface area contributed by atoms with Crippen LogP contribution in [0.3, 0.4) is 0 Å². The van der Waals surface area contributed by atoms with Crippen LogP contribution in [0.5, 0.6) is 0 Å². The van der Waals surface area contributed by atoms with Crippen LogP contribution in [0.15, 0.2) is 0 Å². The highest BCUT2D eigenvalue weighted by atomic mass is 32.2. The number of nitrogens with one attached hydrogen (secondary N) is 1. The summed E-state index contributed by atoms with van der Waals surface area (Å²) in [5.74, 6) is 0. The molecule has 0 fully saturated rings. The van der Waals surface area contributed by atoms with Crippen molar-refractivity contribution in [1.29, 1.82) is 0 Å². The summed E-state index contributed by atoms with van der Waals surface area (Å²) in [5, 5.41) is 1.66. The summed E-state index contributed by atoms with van der Waals surface area (Å²) < 4.78 is 18.9. The third-order valence-corrected chi connectivity index (χ3v) is 2.55. The first-order chi connectivity index (χ1) is 6.66. The molecule has 86 valence electrons. The summed E-state index contributed by atoms with van der Waals surface area (Å²) in [6.45, 7) is 3.02. The number of hydrogen-bond donors (Lipinski definition) is 2. The van der Waals surface area contributed by atoms with Gasteiger partial charge in [0.1, 0.15) is 0 Å². The van der Waals surface area contributed by atoms with E-state index in [0.717, 1.165) is 13.0 Å². The van der Waals surface area contributed by atoms with Crippen molar-refractivity contribution in [1.82, 2.24) is 9.84 Å². The smallest absolute Gasteiger partial charge is 0.246 e. The maximum atomic E-state index is 10.3. The molecule has 0 heterocycles. The quantitative estimate of drug-likeness (QED) is 0.356. The van der Waals surface area contributed by atoms with Gasteiger partial charge in [0.05, 0.1) is 0 Å². The topological polar surface area (TPSA) is 52.6 Å². The summed E-state index contributed by atoms with van der Waals surface area (Å²) in [6.07, 6.45) is 7.43. The van der Waals surface area contributed by atoms with E-state index in [-0.39, 0.29) is 0 Å². The zero-order valence-electron chi connectivity index (χ0n) is 9.16. The maximum absolute atomic E-state index is 10.3. The average molecular weight is 222 g/mol. The monoisotopic (exact) mass is 222 g/mol. The van der Waals surface area contributed by atoms with E-state index in [1.807, 2.05) is 0 Å². The van der Waals surface area contributed by atoms with Gasteiger partial charge in [0.15, 0.2) is 0 Å². The molecule has 5 heteroatoms. The molecule has 0 aliphatic carbocycles. The normalized spacial score (nSPS) is 13.4. The van der Waals surface area contributed by atoms with Crippen molar-refractivity contribution in [2.24, 2.45) is 0 Å². The molecule has 0 aromatic rings. The Kier molecular flexibility index (Phi) is 9.60. The molecule has 0 saturated heterocycles. The van der Waals surface area contributed by atoms with E-state index < -0.39 is 11.3 Å². The molecule has 0 aromatic heterocycles. The number of hydrazine groups is 1. The Bertz CT molecular complexity index is 156. The lowest BCUT2D eigenvalue weighted by Crippen LogP contribution is -2.36. The van der Waals surface area contributed by atoms with Gasteiger partial charge in [-0.05, 0) is 6.42 Å². The lowest BCUT2D eigenvalue weighted by atomic mass is 10.1. The van der Waals surface area contributed by atoms with Crippen LogP contribution in [0, 0.1) is 0 Å². The average Bonchev–Trinajstić information content (AvgIpc) is 2.10. The summed E-state index contributed by atoms with van der Waals surface area (Å²) >= 11 is -1.93. The highest BCUT2D eigenvalue weighted by Gasteiger charge is 1.99. The van der Waals surface area contributed by atoms with Crippen molar-refractivity contribution in [3.05, 3.63) is 0 Å². The molecule has 0 aliphatic heterocycles. The molecule has 4 nitrogen and oxygen atoms in total. The molecule has 1 unspecified atom stereocenters. The van der Waals surface area contributed by atoms with Crippen LogP contribution >= 0.6 is 0 Å². The van der Waals surface area contributed by atoms with Crippen LogP contribution in [0.1, 0.15) is 45.4 Å². The molecule has 0 saturated carbocycles. The highest BCUT2D eigenvalue weighted by molar-refractivity contribution is 7.77.